The van der Waals surface area contributed by atoms with E-state index in [-0.39, 0.29) is 30.1 Å². The van der Waals surface area contributed by atoms with Gasteiger partial charge in [-0.3, -0.25) is 10.1 Å². The Hall–Kier alpha value is -4.37. The molecular weight excluding hydrogens is 548 g/mol. The number of nitrogens with one attached hydrogen (secondary N) is 2. The Bertz CT molecular complexity index is 1610. The molecule has 0 radical (unpaired) electrons. The second-order valence-corrected chi connectivity index (χ2v) is 10.2. The number of amides is 2. The third-order valence-electron chi connectivity index (χ3n) is 6.52. The molecule has 0 aromatic carbocycles. The molecule has 2 bridgehead atoms. The highest BCUT2D eigenvalue weighted by molar-refractivity contribution is 7.16. The average Bonchev–Trinajstić information content (AvgIpc) is 3.56. The van der Waals surface area contributed by atoms with Crippen molar-refractivity contribution in [1.29, 1.82) is 0 Å². The van der Waals surface area contributed by atoms with Crippen LogP contribution in [0.15, 0.2) is 51.9 Å². The minimum absolute atomic E-state index is 0.108. The molecule has 2 amide bonds. The summed E-state index contributed by atoms with van der Waals surface area (Å²) in [6.45, 7) is -1.99. The predicted octanol–water partition coefficient (Wildman–Crippen LogP) is 3.32. The molecule has 2 aliphatic heterocycles. The fourth-order valence-corrected chi connectivity index (χ4v) is 5.73. The van der Waals surface area contributed by atoms with Gasteiger partial charge in [-0.1, -0.05) is 17.4 Å². The number of alkyl halides is 2. The molecule has 2 N–H and O–H groups in total. The summed E-state index contributed by atoms with van der Waals surface area (Å²) >= 11 is 1.34. The Labute approximate surface area is 229 Å². The molecule has 15 heteroatoms. The molecule has 6 heterocycles. The highest BCUT2D eigenvalue weighted by Crippen LogP contribution is 2.43. The van der Waals surface area contributed by atoms with E-state index in [4.69, 9.17) is 9.15 Å². The van der Waals surface area contributed by atoms with Crippen molar-refractivity contribution in [2.45, 2.75) is 31.7 Å². The Kier molecular flexibility index (Phi) is 6.89. The van der Waals surface area contributed by atoms with Crippen molar-refractivity contribution in [1.82, 2.24) is 24.8 Å². The molecule has 4 aromatic rings. The average molecular weight is 572 g/mol. The van der Waals surface area contributed by atoms with Crippen LogP contribution in [0, 0.1) is 0 Å². The van der Waals surface area contributed by atoms with E-state index in [0.29, 0.717) is 47.8 Å². The van der Waals surface area contributed by atoms with Gasteiger partial charge in [-0.2, -0.15) is 8.78 Å². The van der Waals surface area contributed by atoms with Crippen molar-refractivity contribution in [3.63, 3.8) is 0 Å². The summed E-state index contributed by atoms with van der Waals surface area (Å²) in [5, 5.41) is 5.95. The van der Waals surface area contributed by atoms with Gasteiger partial charge in [-0.15, -0.1) is 0 Å². The monoisotopic (exact) mass is 571 g/mol. The number of aryl methyl sites for hydroxylation is 1. The number of carbonyl (C=O) groups excluding carboxylic acids is 1. The Morgan fingerprint density at radius 1 is 1.27 bits per heavy atom. The molecule has 0 saturated carbocycles. The third kappa shape index (κ3) is 5.24. The van der Waals surface area contributed by atoms with Crippen molar-refractivity contribution in [2.24, 2.45) is 7.05 Å². The number of aromatic nitrogens is 4. The number of urea groups is 1. The van der Waals surface area contributed by atoms with Crippen molar-refractivity contribution < 1.29 is 27.5 Å². The molecule has 2 atom stereocenters. The van der Waals surface area contributed by atoms with E-state index >= 15 is 0 Å². The second-order valence-electron chi connectivity index (χ2n) is 9.19. The molecule has 0 aliphatic carbocycles. The fourth-order valence-electron chi connectivity index (χ4n) is 4.66. The number of oxazole rings is 1. The van der Waals surface area contributed by atoms with E-state index in [1.54, 1.807) is 31.4 Å². The maximum atomic E-state index is 12.6. The first kappa shape index (κ1) is 25.9. The molecule has 1 saturated heterocycles. The smallest absolute Gasteiger partial charge is 0.388 e. The molecule has 0 spiro atoms. The first-order chi connectivity index (χ1) is 19.3. The molecule has 6 rings (SSSR count). The van der Waals surface area contributed by atoms with Crippen LogP contribution in [0.4, 0.5) is 24.7 Å². The summed E-state index contributed by atoms with van der Waals surface area (Å²) in [7, 11) is 1.66. The van der Waals surface area contributed by atoms with E-state index < -0.39 is 12.6 Å². The van der Waals surface area contributed by atoms with Gasteiger partial charge < -0.3 is 28.7 Å². The molecular formula is C25H23F2N7O5S. The number of ether oxygens (including phenoxy) is 2. The van der Waals surface area contributed by atoms with Crippen LogP contribution < -0.4 is 25.8 Å². The second kappa shape index (κ2) is 10.7. The number of rotatable bonds is 7. The maximum Gasteiger partial charge on any atom is 0.388 e. The van der Waals surface area contributed by atoms with Gasteiger partial charge in [0, 0.05) is 38.3 Å². The van der Waals surface area contributed by atoms with Gasteiger partial charge in [0.15, 0.2) is 10.9 Å². The van der Waals surface area contributed by atoms with Crippen LogP contribution in [-0.4, -0.2) is 51.4 Å². The lowest BCUT2D eigenvalue weighted by Crippen LogP contribution is -2.51. The minimum Gasteiger partial charge on any atom is -0.422 e. The number of carbonyl (C=O) groups is 1. The number of anilines is 2. The number of thiazole rings is 1. The zero-order valence-corrected chi connectivity index (χ0v) is 21.9. The van der Waals surface area contributed by atoms with Crippen LogP contribution in [0.25, 0.3) is 11.5 Å². The van der Waals surface area contributed by atoms with Crippen LogP contribution in [0.5, 0.6) is 5.88 Å². The van der Waals surface area contributed by atoms with Crippen LogP contribution >= 0.6 is 11.3 Å². The summed E-state index contributed by atoms with van der Waals surface area (Å²) in [5.41, 5.74) is 1.70. The van der Waals surface area contributed by atoms with E-state index in [9.17, 15) is 18.4 Å². The predicted molar refractivity (Wildman–Crippen MR) is 140 cm³/mol. The van der Waals surface area contributed by atoms with Crippen molar-refractivity contribution >= 4 is 28.5 Å². The Balaban J connectivity index is 1.17. The van der Waals surface area contributed by atoms with Gasteiger partial charge in [0.25, 0.3) is 11.6 Å². The molecule has 0 unspecified atom stereocenters. The van der Waals surface area contributed by atoms with E-state index in [2.05, 4.69) is 30.3 Å². The lowest BCUT2D eigenvalue weighted by Gasteiger charge is -2.43. The summed E-state index contributed by atoms with van der Waals surface area (Å²) in [5.74, 6) is 0.0826. The molecule has 208 valence electrons. The van der Waals surface area contributed by atoms with Gasteiger partial charge in [0.05, 0.1) is 42.1 Å². The van der Waals surface area contributed by atoms with Gasteiger partial charge >= 0.3 is 12.6 Å². The molecule has 4 aromatic heterocycles. The minimum atomic E-state index is -2.99. The van der Waals surface area contributed by atoms with Crippen molar-refractivity contribution in [2.75, 3.05) is 23.4 Å². The summed E-state index contributed by atoms with van der Waals surface area (Å²) in [6, 6.07) is 7.27. The molecule has 40 heavy (non-hydrogen) atoms. The van der Waals surface area contributed by atoms with Gasteiger partial charge in [-0.25, -0.2) is 19.7 Å². The number of pyridine rings is 2. The maximum absolute atomic E-state index is 12.6. The lowest BCUT2D eigenvalue weighted by atomic mass is 9.97. The largest absolute Gasteiger partial charge is 0.422 e. The summed E-state index contributed by atoms with van der Waals surface area (Å²) < 4.78 is 42.9. The van der Waals surface area contributed by atoms with Gasteiger partial charge in [0.2, 0.25) is 5.88 Å². The molecule has 2 aliphatic rings. The zero-order valence-electron chi connectivity index (χ0n) is 21.0. The lowest BCUT2D eigenvalue weighted by molar-refractivity contribution is -0.0527. The first-order valence-corrected chi connectivity index (χ1v) is 13.1. The molecule has 1 fully saturated rings. The molecule has 12 nitrogen and oxygen atoms in total. The van der Waals surface area contributed by atoms with Crippen LogP contribution in [-0.2, 0) is 24.8 Å². The zero-order chi connectivity index (χ0) is 27.8. The van der Waals surface area contributed by atoms with Gasteiger partial charge in [-0.05, 0) is 17.7 Å². The quantitative estimate of drug-likeness (QED) is 0.342. The Morgan fingerprint density at radius 3 is 2.98 bits per heavy atom. The van der Waals surface area contributed by atoms with E-state index in [1.165, 1.54) is 34.2 Å². The number of halogens is 2. The highest BCUT2D eigenvalue weighted by Gasteiger charge is 2.42. The van der Waals surface area contributed by atoms with Crippen LogP contribution in [0.1, 0.15) is 22.2 Å². The topological polar surface area (TPSA) is 137 Å². The Morgan fingerprint density at radius 2 is 2.15 bits per heavy atom. The number of hydrogen-bond donors (Lipinski definition) is 2. The SMILES string of the molecule is Cn1ccc(CNC(=O)Nc2nc3c(s2)[C@@H]2COC[C@H](C3)N2c2ncc(-c3cccc(OC(F)F)n3)o2)cc1=O. The number of fused-ring (bicyclic) bond motifs is 4. The van der Waals surface area contributed by atoms with E-state index in [0.717, 1.165) is 10.6 Å². The number of hydrogen-bond acceptors (Lipinski definition) is 10. The highest BCUT2D eigenvalue weighted by atomic mass is 32.1. The fraction of sp³-hybridized carbons (Fsp3) is 0.320. The van der Waals surface area contributed by atoms with Crippen LogP contribution in [0.2, 0.25) is 0 Å². The number of morpholine rings is 1. The number of nitrogens with zero attached hydrogens (tertiary/aromatic N) is 5. The summed E-state index contributed by atoms with van der Waals surface area (Å²) in [4.78, 5) is 40.4. The normalized spacial score (nSPS) is 17.9. The van der Waals surface area contributed by atoms with Gasteiger partial charge in [0.1, 0.15) is 5.69 Å². The third-order valence-corrected chi connectivity index (χ3v) is 7.63. The first-order valence-electron chi connectivity index (χ1n) is 12.3. The van der Waals surface area contributed by atoms with Crippen LogP contribution in [0.3, 0.4) is 0 Å². The van der Waals surface area contributed by atoms with Crippen molar-refractivity contribution in [3.05, 3.63) is 69.2 Å². The van der Waals surface area contributed by atoms with E-state index in [1.807, 2.05) is 4.90 Å². The van der Waals surface area contributed by atoms with Crippen molar-refractivity contribution in [3.8, 4) is 17.3 Å². The summed E-state index contributed by atoms with van der Waals surface area (Å²) in [6.07, 6.45) is 3.68. The standard InChI is InChI=1S/C25H23F2N7O5S/c1-33-6-5-13(7-20(33)35)9-28-23(36)32-24-31-16-8-14-11-37-12-17(21(16)40-24)34(14)25-29-10-18(38-25)15-3-2-4-19(30-15)39-22(26)27/h2-7,10,14,17,22H,8-9,11-12H2,1H3,(H2,28,31,32,36)/t14-,17-/m0/s1.